The van der Waals surface area contributed by atoms with E-state index in [-0.39, 0.29) is 12.0 Å². The molecular weight excluding hydrogens is 180 g/mol. The van der Waals surface area contributed by atoms with Gasteiger partial charge in [-0.3, -0.25) is 9.69 Å². The van der Waals surface area contributed by atoms with Crippen LogP contribution in [0.3, 0.4) is 0 Å². The van der Waals surface area contributed by atoms with E-state index in [1.54, 1.807) is 0 Å². The Morgan fingerprint density at radius 1 is 1.64 bits per heavy atom. The quantitative estimate of drug-likeness (QED) is 0.601. The van der Waals surface area contributed by atoms with Crippen LogP contribution in [0.1, 0.15) is 26.2 Å². The number of methoxy groups -OCH3 is 1. The van der Waals surface area contributed by atoms with Crippen LogP contribution in [-0.2, 0) is 9.53 Å². The van der Waals surface area contributed by atoms with Gasteiger partial charge in [0, 0.05) is 6.42 Å². The second kappa shape index (κ2) is 7.34. The molecule has 4 heteroatoms. The molecule has 0 bridgehead atoms. The van der Waals surface area contributed by atoms with Crippen LogP contribution in [0.25, 0.3) is 0 Å². The second-order valence-electron chi connectivity index (χ2n) is 3.21. The fourth-order valence-corrected chi connectivity index (χ4v) is 1.23. The van der Waals surface area contributed by atoms with Crippen LogP contribution in [0.2, 0.25) is 0 Å². The Kier molecular flexibility index (Phi) is 6.77. The van der Waals surface area contributed by atoms with Gasteiger partial charge in [0.15, 0.2) is 0 Å². The van der Waals surface area contributed by atoms with E-state index in [0.717, 1.165) is 19.4 Å². The third kappa shape index (κ3) is 4.83. The average Bonchev–Trinajstić information content (AvgIpc) is 2.19. The van der Waals surface area contributed by atoms with Gasteiger partial charge in [-0.15, -0.1) is 0 Å². The molecule has 0 aliphatic heterocycles. The summed E-state index contributed by atoms with van der Waals surface area (Å²) in [5.41, 5.74) is 0. The maximum Gasteiger partial charge on any atom is 0.305 e. The molecule has 0 rings (SSSR count). The maximum atomic E-state index is 10.8. The Balaban J connectivity index is 3.68. The van der Waals surface area contributed by atoms with Crippen molar-refractivity contribution in [1.82, 2.24) is 4.90 Å². The minimum Gasteiger partial charge on any atom is -0.469 e. The van der Waals surface area contributed by atoms with Crippen LogP contribution >= 0.6 is 0 Å². The predicted molar refractivity (Wildman–Crippen MR) is 53.6 cm³/mol. The Morgan fingerprint density at radius 3 is 2.71 bits per heavy atom. The molecule has 1 atom stereocenters. The van der Waals surface area contributed by atoms with Crippen molar-refractivity contribution in [2.75, 3.05) is 20.7 Å². The van der Waals surface area contributed by atoms with Gasteiger partial charge in [0.2, 0.25) is 0 Å². The molecule has 0 saturated heterocycles. The van der Waals surface area contributed by atoms with Crippen LogP contribution in [0.4, 0.5) is 0 Å². The molecule has 0 saturated carbocycles. The molecule has 0 aromatic carbocycles. The fraction of sp³-hybridized carbons (Fsp3) is 0.800. The lowest BCUT2D eigenvalue weighted by Crippen LogP contribution is -2.30. The van der Waals surface area contributed by atoms with Crippen molar-refractivity contribution in [3.63, 3.8) is 0 Å². The second-order valence-corrected chi connectivity index (χ2v) is 3.21. The zero-order chi connectivity index (χ0) is 11.0. The molecule has 0 N–H and O–H groups in total. The zero-order valence-electron chi connectivity index (χ0n) is 9.12. The van der Waals surface area contributed by atoms with E-state index in [0.29, 0.717) is 6.42 Å². The summed E-state index contributed by atoms with van der Waals surface area (Å²) < 4.78 is 4.52. The molecule has 1 unspecified atom stereocenters. The third-order valence-corrected chi connectivity index (χ3v) is 2.19. The van der Waals surface area contributed by atoms with Crippen molar-refractivity contribution < 1.29 is 9.53 Å². The van der Waals surface area contributed by atoms with Crippen LogP contribution in [0, 0.1) is 11.3 Å². The summed E-state index contributed by atoms with van der Waals surface area (Å²) in [4.78, 5) is 12.8. The SMILES string of the molecule is CCC(C#N)N(C)CCCC(=O)OC. The van der Waals surface area contributed by atoms with Crippen LogP contribution < -0.4 is 0 Å². The normalized spacial score (nSPS) is 12.2. The summed E-state index contributed by atoms with van der Waals surface area (Å²) >= 11 is 0. The van der Waals surface area contributed by atoms with Crippen LogP contribution in [0.15, 0.2) is 0 Å². The first-order valence-corrected chi connectivity index (χ1v) is 4.82. The van der Waals surface area contributed by atoms with Gasteiger partial charge >= 0.3 is 5.97 Å². The lowest BCUT2D eigenvalue weighted by molar-refractivity contribution is -0.140. The predicted octanol–water partition coefficient (Wildman–Crippen LogP) is 1.17. The maximum absolute atomic E-state index is 10.8. The number of esters is 1. The van der Waals surface area contributed by atoms with Crippen molar-refractivity contribution in [2.24, 2.45) is 0 Å². The lowest BCUT2D eigenvalue weighted by atomic mass is 10.2. The Hall–Kier alpha value is -1.08. The highest BCUT2D eigenvalue weighted by Crippen LogP contribution is 2.02. The molecule has 0 amide bonds. The zero-order valence-corrected chi connectivity index (χ0v) is 9.12. The van der Waals surface area contributed by atoms with E-state index in [9.17, 15) is 4.79 Å². The summed E-state index contributed by atoms with van der Waals surface area (Å²) in [6, 6.07) is 2.16. The van der Waals surface area contributed by atoms with Gasteiger partial charge in [0.1, 0.15) is 0 Å². The van der Waals surface area contributed by atoms with Crippen molar-refractivity contribution in [2.45, 2.75) is 32.2 Å². The minimum absolute atomic E-state index is 0.0485. The summed E-state index contributed by atoms with van der Waals surface area (Å²) in [7, 11) is 3.28. The highest BCUT2D eigenvalue weighted by Gasteiger charge is 2.11. The van der Waals surface area contributed by atoms with E-state index in [1.165, 1.54) is 7.11 Å². The molecule has 0 heterocycles. The number of nitriles is 1. The smallest absolute Gasteiger partial charge is 0.305 e. The molecule has 0 radical (unpaired) electrons. The Morgan fingerprint density at radius 2 is 2.29 bits per heavy atom. The van der Waals surface area contributed by atoms with Gasteiger partial charge < -0.3 is 4.74 Å². The Labute approximate surface area is 85.5 Å². The van der Waals surface area contributed by atoms with Crippen LogP contribution in [0.5, 0.6) is 0 Å². The molecule has 4 nitrogen and oxygen atoms in total. The topological polar surface area (TPSA) is 53.3 Å². The van der Waals surface area contributed by atoms with Crippen molar-refractivity contribution in [3.05, 3.63) is 0 Å². The molecule has 0 aliphatic carbocycles. The third-order valence-electron chi connectivity index (χ3n) is 2.19. The van der Waals surface area contributed by atoms with E-state index in [1.807, 2.05) is 18.9 Å². The van der Waals surface area contributed by atoms with Crippen LogP contribution in [-0.4, -0.2) is 37.6 Å². The molecule has 0 aromatic rings. The number of carbonyl (C=O) groups excluding carboxylic acids is 1. The van der Waals surface area contributed by atoms with Gasteiger partial charge in [0.25, 0.3) is 0 Å². The first-order valence-electron chi connectivity index (χ1n) is 4.82. The highest BCUT2D eigenvalue weighted by molar-refractivity contribution is 5.69. The van der Waals surface area contributed by atoms with E-state index in [4.69, 9.17) is 5.26 Å². The summed E-state index contributed by atoms with van der Waals surface area (Å²) in [6.45, 7) is 2.73. The largest absolute Gasteiger partial charge is 0.469 e. The Bertz CT molecular complexity index is 211. The lowest BCUT2D eigenvalue weighted by Gasteiger charge is -2.20. The van der Waals surface area contributed by atoms with Crippen molar-refractivity contribution in [1.29, 1.82) is 5.26 Å². The molecule has 14 heavy (non-hydrogen) atoms. The number of nitrogens with zero attached hydrogens (tertiary/aromatic N) is 2. The molecule has 0 fully saturated rings. The highest BCUT2D eigenvalue weighted by atomic mass is 16.5. The number of hydrogen-bond donors (Lipinski definition) is 0. The van der Waals surface area contributed by atoms with Gasteiger partial charge in [-0.25, -0.2) is 0 Å². The molecule has 0 aliphatic rings. The fourth-order valence-electron chi connectivity index (χ4n) is 1.23. The van der Waals surface area contributed by atoms with Gasteiger partial charge in [-0.05, 0) is 26.4 Å². The summed E-state index contributed by atoms with van der Waals surface area (Å²) in [6.07, 6.45) is 1.97. The molecule has 80 valence electrons. The molecular formula is C10H18N2O2. The summed E-state index contributed by atoms with van der Waals surface area (Å²) in [5.74, 6) is -0.191. The van der Waals surface area contributed by atoms with Crippen molar-refractivity contribution in [3.8, 4) is 6.07 Å². The first kappa shape index (κ1) is 12.9. The van der Waals surface area contributed by atoms with E-state index >= 15 is 0 Å². The van der Waals surface area contributed by atoms with E-state index in [2.05, 4.69) is 10.8 Å². The minimum atomic E-state index is -0.191. The average molecular weight is 198 g/mol. The van der Waals surface area contributed by atoms with Gasteiger partial charge in [-0.2, -0.15) is 5.26 Å². The standard InChI is InChI=1S/C10H18N2O2/c1-4-9(8-11)12(2)7-5-6-10(13)14-3/h9H,4-7H2,1-3H3. The van der Waals surface area contributed by atoms with Gasteiger partial charge in [-0.1, -0.05) is 6.92 Å². The number of ether oxygens (including phenoxy) is 1. The number of carbonyl (C=O) groups is 1. The van der Waals surface area contributed by atoms with E-state index < -0.39 is 0 Å². The monoisotopic (exact) mass is 198 g/mol. The van der Waals surface area contributed by atoms with Gasteiger partial charge in [0.05, 0.1) is 19.2 Å². The molecule has 0 aromatic heterocycles. The number of hydrogen-bond acceptors (Lipinski definition) is 4. The first-order chi connectivity index (χ1) is 6.65. The molecule has 0 spiro atoms. The number of rotatable bonds is 6. The summed E-state index contributed by atoms with van der Waals surface area (Å²) in [5, 5.41) is 8.77. The van der Waals surface area contributed by atoms with Crippen molar-refractivity contribution >= 4 is 5.97 Å².